The molecular weight excluding hydrogens is 149 g/mol. The molecule has 0 saturated heterocycles. The van der Waals surface area contributed by atoms with Crippen molar-refractivity contribution in [2.45, 2.75) is 12.8 Å². The lowest BCUT2D eigenvalue weighted by atomic mass is 10.3. The Bertz CT molecular complexity index is 150. The normalized spacial score (nSPS) is 23.8. The van der Waals surface area contributed by atoms with Gasteiger partial charge in [-0.3, -0.25) is 4.74 Å². The zero-order valence-corrected chi connectivity index (χ0v) is 7.43. The van der Waals surface area contributed by atoms with E-state index >= 15 is 0 Å². The standard InChI is InChI=1S/C6H14NO2P/c1-8-10(9-2)6-4-3-5-7-10/h3-6H2,1-2H3. The number of hydrogen-bond acceptors (Lipinski definition) is 3. The molecule has 0 fully saturated rings. The minimum absolute atomic E-state index is 0.912. The molecule has 0 aromatic heterocycles. The fourth-order valence-corrected chi connectivity index (χ4v) is 3.05. The van der Waals surface area contributed by atoms with Crippen molar-refractivity contribution in [2.75, 3.05) is 26.9 Å². The highest BCUT2D eigenvalue weighted by atomic mass is 31.2. The zero-order valence-electron chi connectivity index (χ0n) is 6.54. The van der Waals surface area contributed by atoms with Gasteiger partial charge in [-0.05, 0) is 12.8 Å². The fourth-order valence-electron chi connectivity index (χ4n) is 1.09. The third kappa shape index (κ3) is 1.60. The average Bonchev–Trinajstić information content (AvgIpc) is 2.06. The van der Waals surface area contributed by atoms with Gasteiger partial charge in [-0.1, -0.05) is 0 Å². The lowest BCUT2D eigenvalue weighted by Crippen LogP contribution is -2.02. The van der Waals surface area contributed by atoms with Crippen molar-refractivity contribution in [1.29, 1.82) is 0 Å². The second-order valence-corrected chi connectivity index (χ2v) is 5.03. The summed E-state index contributed by atoms with van der Waals surface area (Å²) in [5.74, 6) is 0. The second-order valence-electron chi connectivity index (χ2n) is 2.30. The molecule has 0 aromatic rings. The fraction of sp³-hybridized carbons (Fsp3) is 1.00. The molecule has 0 radical (unpaired) electrons. The Morgan fingerprint density at radius 3 is 2.20 bits per heavy atom. The molecule has 1 heterocycles. The van der Waals surface area contributed by atoms with Crippen LogP contribution >= 0.6 is 7.51 Å². The molecule has 10 heavy (non-hydrogen) atoms. The Morgan fingerprint density at radius 2 is 1.90 bits per heavy atom. The maximum absolute atomic E-state index is 5.25. The van der Waals surface area contributed by atoms with Crippen LogP contribution < -0.4 is 0 Å². The van der Waals surface area contributed by atoms with Gasteiger partial charge in [0.1, 0.15) is 0 Å². The van der Waals surface area contributed by atoms with Gasteiger partial charge in [0.25, 0.3) is 0 Å². The molecule has 4 heteroatoms. The summed E-state index contributed by atoms with van der Waals surface area (Å²) in [4.78, 5) is 0. The summed E-state index contributed by atoms with van der Waals surface area (Å²) >= 11 is 0. The minimum Gasteiger partial charge on any atom is -0.327 e. The molecular formula is C6H14NO2P. The smallest absolute Gasteiger partial charge is 0.211 e. The van der Waals surface area contributed by atoms with Crippen LogP contribution in [0.1, 0.15) is 12.8 Å². The van der Waals surface area contributed by atoms with Gasteiger partial charge in [0, 0.05) is 26.9 Å². The molecule has 0 aromatic carbocycles. The van der Waals surface area contributed by atoms with Gasteiger partial charge in [0.05, 0.1) is 0 Å². The van der Waals surface area contributed by atoms with E-state index in [1.54, 1.807) is 14.2 Å². The lowest BCUT2D eigenvalue weighted by Gasteiger charge is -2.23. The van der Waals surface area contributed by atoms with E-state index in [0.29, 0.717) is 0 Å². The molecule has 1 rings (SSSR count). The number of rotatable bonds is 2. The first-order valence-corrected chi connectivity index (χ1v) is 5.28. The van der Waals surface area contributed by atoms with E-state index in [2.05, 4.69) is 4.74 Å². The maximum atomic E-state index is 5.25. The van der Waals surface area contributed by atoms with E-state index < -0.39 is 7.51 Å². The first kappa shape index (κ1) is 8.25. The molecule has 0 amide bonds. The topological polar surface area (TPSA) is 30.8 Å². The maximum Gasteiger partial charge on any atom is 0.211 e. The Morgan fingerprint density at radius 1 is 1.20 bits per heavy atom. The molecule has 0 saturated carbocycles. The molecule has 0 unspecified atom stereocenters. The minimum atomic E-state index is -1.73. The van der Waals surface area contributed by atoms with Gasteiger partial charge in [0.2, 0.25) is 7.51 Å². The van der Waals surface area contributed by atoms with Gasteiger partial charge in [-0.2, -0.15) is 0 Å². The number of hydrogen-bond donors (Lipinski definition) is 0. The summed E-state index contributed by atoms with van der Waals surface area (Å²) in [6, 6.07) is 0. The van der Waals surface area contributed by atoms with Gasteiger partial charge >= 0.3 is 0 Å². The van der Waals surface area contributed by atoms with Gasteiger partial charge < -0.3 is 9.05 Å². The van der Waals surface area contributed by atoms with Gasteiger partial charge in [-0.15, -0.1) is 0 Å². The molecule has 60 valence electrons. The molecule has 3 nitrogen and oxygen atoms in total. The van der Waals surface area contributed by atoms with Crippen molar-refractivity contribution in [2.24, 2.45) is 4.74 Å². The average molecular weight is 163 g/mol. The van der Waals surface area contributed by atoms with Crippen LogP contribution in [0.4, 0.5) is 0 Å². The molecule has 1 aliphatic heterocycles. The van der Waals surface area contributed by atoms with E-state index in [4.69, 9.17) is 9.05 Å². The van der Waals surface area contributed by atoms with Crippen LogP contribution in [-0.4, -0.2) is 26.9 Å². The summed E-state index contributed by atoms with van der Waals surface area (Å²) in [5, 5.41) is 0. The highest BCUT2D eigenvalue weighted by Crippen LogP contribution is 2.52. The third-order valence-corrected chi connectivity index (χ3v) is 4.39. The largest absolute Gasteiger partial charge is 0.327 e. The highest BCUT2D eigenvalue weighted by molar-refractivity contribution is 7.56. The number of nitrogens with zero attached hydrogens (tertiary/aromatic N) is 1. The lowest BCUT2D eigenvalue weighted by molar-refractivity contribution is 0.321. The van der Waals surface area contributed by atoms with Crippen molar-refractivity contribution >= 4 is 7.51 Å². The SMILES string of the molecule is COP1(OC)=NCCCC1. The van der Waals surface area contributed by atoms with E-state index in [1.807, 2.05) is 0 Å². The summed E-state index contributed by atoms with van der Waals surface area (Å²) in [7, 11) is 1.65. The first-order chi connectivity index (χ1) is 4.83. The van der Waals surface area contributed by atoms with Crippen LogP contribution in [0, 0.1) is 0 Å². The summed E-state index contributed by atoms with van der Waals surface area (Å²) in [6.07, 6.45) is 3.38. The van der Waals surface area contributed by atoms with E-state index in [1.165, 1.54) is 12.8 Å². The van der Waals surface area contributed by atoms with Gasteiger partial charge in [0.15, 0.2) is 0 Å². The van der Waals surface area contributed by atoms with Crippen LogP contribution in [0.2, 0.25) is 0 Å². The summed E-state index contributed by atoms with van der Waals surface area (Å²) < 4.78 is 14.9. The molecule has 0 atom stereocenters. The Labute approximate surface area is 61.9 Å². The Hall–Kier alpha value is 0.150. The van der Waals surface area contributed by atoms with Crippen molar-refractivity contribution in [3.8, 4) is 0 Å². The molecule has 0 bridgehead atoms. The quantitative estimate of drug-likeness (QED) is 0.583. The molecule has 0 aliphatic carbocycles. The molecule has 1 aliphatic rings. The van der Waals surface area contributed by atoms with Crippen molar-refractivity contribution in [1.82, 2.24) is 0 Å². The third-order valence-electron chi connectivity index (χ3n) is 1.73. The van der Waals surface area contributed by atoms with E-state index in [-0.39, 0.29) is 0 Å². The van der Waals surface area contributed by atoms with Crippen molar-refractivity contribution < 1.29 is 9.05 Å². The monoisotopic (exact) mass is 163 g/mol. The van der Waals surface area contributed by atoms with Crippen LogP contribution in [0.5, 0.6) is 0 Å². The molecule has 0 spiro atoms. The Balaban J connectivity index is 2.69. The van der Waals surface area contributed by atoms with E-state index in [9.17, 15) is 0 Å². The predicted octanol–water partition coefficient (Wildman–Crippen LogP) is 2.10. The van der Waals surface area contributed by atoms with Crippen molar-refractivity contribution in [3.63, 3.8) is 0 Å². The highest BCUT2D eigenvalue weighted by Gasteiger charge is 2.20. The zero-order chi connectivity index (χ0) is 7.45. The second kappa shape index (κ2) is 3.51. The molecule has 0 N–H and O–H groups in total. The van der Waals surface area contributed by atoms with Crippen LogP contribution in [-0.2, 0) is 9.05 Å². The summed E-state index contributed by atoms with van der Waals surface area (Å²) in [6.45, 7) is 0.912. The van der Waals surface area contributed by atoms with Gasteiger partial charge in [-0.25, -0.2) is 0 Å². The Kier molecular flexibility index (Phi) is 2.90. The van der Waals surface area contributed by atoms with Crippen LogP contribution in [0.25, 0.3) is 0 Å². The first-order valence-electron chi connectivity index (χ1n) is 3.51. The van der Waals surface area contributed by atoms with Crippen LogP contribution in [0.3, 0.4) is 0 Å². The predicted molar refractivity (Wildman–Crippen MR) is 42.3 cm³/mol. The van der Waals surface area contributed by atoms with E-state index in [0.717, 1.165) is 12.7 Å². The van der Waals surface area contributed by atoms with Crippen LogP contribution in [0.15, 0.2) is 4.74 Å². The van der Waals surface area contributed by atoms with Crippen molar-refractivity contribution in [3.05, 3.63) is 0 Å². The summed E-state index contributed by atoms with van der Waals surface area (Å²) in [5.41, 5.74) is 0.